The van der Waals surface area contributed by atoms with Gasteiger partial charge in [0.05, 0.1) is 35.6 Å². The molecule has 1 aromatic rings. The van der Waals surface area contributed by atoms with Crippen LogP contribution in [0.25, 0.3) is 0 Å². The van der Waals surface area contributed by atoms with E-state index in [1.54, 1.807) is 0 Å². The van der Waals surface area contributed by atoms with Crippen molar-refractivity contribution in [1.29, 1.82) is 0 Å². The molecule has 1 fully saturated rings. The summed E-state index contributed by atoms with van der Waals surface area (Å²) in [6.07, 6.45) is -4.28. The molecular weight excluding hydrogens is 450 g/mol. The standard InChI is InChI=1S/C21H23F3NO6P/c1-12(26)11-29-20(27)17-13(2)25-14(3)19(32(28)30-9-6-10-31-32)18(17)15-7-4-5-8-16(15)21(22,23)24/h4-5,7-8,18,25H,6,9-11H2,1-3H3. The van der Waals surface area contributed by atoms with Gasteiger partial charge in [0.25, 0.3) is 0 Å². The number of rotatable bonds is 5. The molecule has 1 atom stereocenters. The summed E-state index contributed by atoms with van der Waals surface area (Å²) in [6, 6.07) is 4.72. The van der Waals surface area contributed by atoms with E-state index >= 15 is 0 Å². The van der Waals surface area contributed by atoms with E-state index in [-0.39, 0.29) is 41.1 Å². The number of ether oxygens (including phenoxy) is 1. The number of hydrogen-bond acceptors (Lipinski definition) is 7. The van der Waals surface area contributed by atoms with E-state index in [9.17, 15) is 27.3 Å². The van der Waals surface area contributed by atoms with Crippen LogP contribution in [0.5, 0.6) is 0 Å². The molecule has 0 aliphatic carbocycles. The van der Waals surface area contributed by atoms with Crippen molar-refractivity contribution < 1.29 is 41.1 Å². The molecule has 0 saturated carbocycles. The summed E-state index contributed by atoms with van der Waals surface area (Å²) in [5.74, 6) is -2.86. The van der Waals surface area contributed by atoms with Gasteiger partial charge in [-0.3, -0.25) is 9.36 Å². The van der Waals surface area contributed by atoms with Gasteiger partial charge in [-0.2, -0.15) is 13.2 Å². The second-order valence-electron chi connectivity index (χ2n) is 7.49. The Morgan fingerprint density at radius 3 is 2.38 bits per heavy atom. The average Bonchev–Trinajstić information content (AvgIpc) is 2.71. The second-order valence-corrected chi connectivity index (χ2v) is 9.48. The maximum atomic E-state index is 13.9. The molecule has 2 heterocycles. The van der Waals surface area contributed by atoms with Crippen LogP contribution in [0.15, 0.2) is 46.5 Å². The number of alkyl halides is 3. The molecule has 0 radical (unpaired) electrons. The number of Topliss-reactive ketones (excluding diaryl/α,β-unsaturated/α-hetero) is 1. The van der Waals surface area contributed by atoms with Crippen LogP contribution in [0.1, 0.15) is 44.2 Å². The molecule has 0 amide bonds. The zero-order valence-electron chi connectivity index (χ0n) is 17.7. The Hall–Kier alpha value is -2.42. The molecular formula is C21H23F3NO6P. The molecule has 0 spiro atoms. The van der Waals surface area contributed by atoms with E-state index in [1.165, 1.54) is 39.0 Å². The first-order valence-corrected chi connectivity index (χ1v) is 11.4. The van der Waals surface area contributed by atoms with Crippen LogP contribution in [0.3, 0.4) is 0 Å². The number of ketones is 1. The minimum Gasteiger partial charge on any atom is -0.454 e. The minimum atomic E-state index is -4.74. The predicted molar refractivity (Wildman–Crippen MR) is 108 cm³/mol. The van der Waals surface area contributed by atoms with E-state index in [4.69, 9.17) is 13.8 Å². The largest absolute Gasteiger partial charge is 0.454 e. The fourth-order valence-corrected chi connectivity index (χ4v) is 5.92. The Morgan fingerprint density at radius 1 is 1.16 bits per heavy atom. The molecule has 1 unspecified atom stereocenters. The molecule has 3 rings (SSSR count). The van der Waals surface area contributed by atoms with Crippen LogP contribution >= 0.6 is 7.60 Å². The number of carbonyl (C=O) groups excluding carboxylic acids is 2. The van der Waals surface area contributed by atoms with E-state index < -0.39 is 43.6 Å². The molecule has 1 N–H and O–H groups in total. The topological polar surface area (TPSA) is 90.9 Å². The van der Waals surface area contributed by atoms with Crippen molar-refractivity contribution in [3.63, 3.8) is 0 Å². The van der Waals surface area contributed by atoms with Gasteiger partial charge in [-0.1, -0.05) is 18.2 Å². The molecule has 2 aliphatic heterocycles. The summed E-state index contributed by atoms with van der Waals surface area (Å²) in [5, 5.41) is 2.80. The second kappa shape index (κ2) is 9.21. The highest BCUT2D eigenvalue weighted by Crippen LogP contribution is 2.65. The van der Waals surface area contributed by atoms with Gasteiger partial charge in [-0.05, 0) is 38.8 Å². The minimum absolute atomic E-state index is 0.0886. The first-order chi connectivity index (χ1) is 15.0. The lowest BCUT2D eigenvalue weighted by Gasteiger charge is -2.36. The smallest absolute Gasteiger partial charge is 0.416 e. The predicted octanol–water partition coefficient (Wildman–Crippen LogP) is 4.66. The molecule has 32 heavy (non-hydrogen) atoms. The third-order valence-corrected chi connectivity index (χ3v) is 7.26. The van der Waals surface area contributed by atoms with E-state index in [0.717, 1.165) is 6.07 Å². The zero-order valence-corrected chi connectivity index (χ0v) is 18.6. The van der Waals surface area contributed by atoms with Crippen LogP contribution in [-0.2, 0) is 34.1 Å². The number of carbonyl (C=O) groups is 2. The lowest BCUT2D eigenvalue weighted by molar-refractivity contribution is -0.144. The van der Waals surface area contributed by atoms with Gasteiger partial charge in [-0.25, -0.2) is 4.79 Å². The first-order valence-electron chi connectivity index (χ1n) is 9.86. The Morgan fingerprint density at radius 2 is 1.78 bits per heavy atom. The van der Waals surface area contributed by atoms with Gasteiger partial charge in [0.15, 0.2) is 5.78 Å². The van der Waals surface area contributed by atoms with Gasteiger partial charge in [0, 0.05) is 11.4 Å². The maximum absolute atomic E-state index is 13.9. The fraction of sp³-hybridized carbons (Fsp3) is 0.429. The summed E-state index contributed by atoms with van der Waals surface area (Å²) >= 11 is 0. The third-order valence-electron chi connectivity index (χ3n) is 5.04. The maximum Gasteiger partial charge on any atom is 0.416 e. The Balaban J connectivity index is 2.24. The molecule has 0 bridgehead atoms. The molecule has 1 aromatic carbocycles. The number of nitrogens with one attached hydrogen (secondary N) is 1. The van der Waals surface area contributed by atoms with Crippen molar-refractivity contribution in [2.24, 2.45) is 0 Å². The highest BCUT2D eigenvalue weighted by Gasteiger charge is 2.48. The quantitative estimate of drug-likeness (QED) is 0.491. The van der Waals surface area contributed by atoms with E-state index in [0.29, 0.717) is 6.42 Å². The molecule has 11 heteroatoms. The summed E-state index contributed by atoms with van der Waals surface area (Å²) < 4.78 is 71.3. The average molecular weight is 473 g/mol. The number of halogens is 3. The molecule has 0 aromatic heterocycles. The van der Waals surface area contributed by atoms with Gasteiger partial charge in [0.2, 0.25) is 0 Å². The monoisotopic (exact) mass is 473 g/mol. The molecule has 2 aliphatic rings. The lowest BCUT2D eigenvalue weighted by atomic mass is 9.84. The first kappa shape index (κ1) is 24.2. The van der Waals surface area contributed by atoms with Crippen molar-refractivity contribution in [3.05, 3.63) is 57.7 Å². The van der Waals surface area contributed by atoms with Crippen molar-refractivity contribution in [2.75, 3.05) is 19.8 Å². The fourth-order valence-electron chi connectivity index (χ4n) is 3.78. The summed E-state index contributed by atoms with van der Waals surface area (Å²) in [4.78, 5) is 24.3. The number of esters is 1. The van der Waals surface area contributed by atoms with Crippen LogP contribution in [0.4, 0.5) is 13.2 Å². The highest BCUT2D eigenvalue weighted by atomic mass is 31.2. The van der Waals surface area contributed by atoms with Gasteiger partial charge in [0.1, 0.15) is 6.61 Å². The van der Waals surface area contributed by atoms with Crippen molar-refractivity contribution in [2.45, 2.75) is 39.3 Å². The number of dihydropyridines is 1. The van der Waals surface area contributed by atoms with Gasteiger partial charge >= 0.3 is 19.7 Å². The number of hydrogen-bond donors (Lipinski definition) is 1. The molecule has 7 nitrogen and oxygen atoms in total. The normalized spacial score (nSPS) is 21.2. The molecule has 174 valence electrons. The number of allylic oxidation sites excluding steroid dienone is 3. The molecule has 1 saturated heterocycles. The SMILES string of the molecule is CC(=O)COC(=O)C1=C(C)NC(C)=C(P2(=O)OCCCO2)C1c1ccccc1C(F)(F)F. The van der Waals surface area contributed by atoms with E-state index in [1.807, 2.05) is 0 Å². The van der Waals surface area contributed by atoms with Crippen LogP contribution in [0.2, 0.25) is 0 Å². The Labute approximate surface area is 183 Å². The van der Waals surface area contributed by atoms with Crippen molar-refractivity contribution in [3.8, 4) is 0 Å². The lowest BCUT2D eigenvalue weighted by Crippen LogP contribution is -2.31. The Bertz CT molecular complexity index is 1040. The zero-order chi connectivity index (χ0) is 23.7. The Kier molecular flexibility index (Phi) is 6.97. The van der Waals surface area contributed by atoms with E-state index in [2.05, 4.69) is 5.32 Å². The third kappa shape index (κ3) is 4.82. The summed E-state index contributed by atoms with van der Waals surface area (Å²) in [6.45, 7) is 3.86. The highest BCUT2D eigenvalue weighted by molar-refractivity contribution is 7.58. The van der Waals surface area contributed by atoms with Crippen LogP contribution in [0, 0.1) is 0 Å². The van der Waals surface area contributed by atoms with Crippen LogP contribution in [-0.4, -0.2) is 31.6 Å². The summed E-state index contributed by atoms with van der Waals surface area (Å²) in [7, 11) is -4.04. The van der Waals surface area contributed by atoms with Gasteiger partial charge < -0.3 is 19.1 Å². The van der Waals surface area contributed by atoms with Gasteiger partial charge in [-0.15, -0.1) is 0 Å². The van der Waals surface area contributed by atoms with Crippen molar-refractivity contribution in [1.82, 2.24) is 5.32 Å². The van der Waals surface area contributed by atoms with Crippen LogP contribution < -0.4 is 5.32 Å². The van der Waals surface area contributed by atoms with Crippen molar-refractivity contribution >= 4 is 19.3 Å². The summed E-state index contributed by atoms with van der Waals surface area (Å²) in [5.41, 5.74) is -1.01. The number of benzene rings is 1.